The van der Waals surface area contributed by atoms with E-state index in [9.17, 15) is 9.59 Å². The van der Waals surface area contributed by atoms with E-state index in [1.807, 2.05) is 0 Å². The van der Waals surface area contributed by atoms with Crippen molar-refractivity contribution < 1.29 is 9.47 Å². The highest BCUT2D eigenvalue weighted by Gasteiger charge is 2.10. The predicted molar refractivity (Wildman–Crippen MR) is 49.2 cm³/mol. The van der Waals surface area contributed by atoms with Gasteiger partial charge in [0.25, 0.3) is 5.56 Å². The van der Waals surface area contributed by atoms with E-state index in [0.717, 1.165) is 0 Å². The van der Waals surface area contributed by atoms with Crippen LogP contribution in [0.5, 0.6) is 0 Å². The molecule has 1 aromatic rings. The van der Waals surface area contributed by atoms with Crippen LogP contribution in [0.1, 0.15) is 6.23 Å². The summed E-state index contributed by atoms with van der Waals surface area (Å²) in [5, 5.41) is 0. The Hall–Kier alpha value is -1.40. The second-order valence-electron chi connectivity index (χ2n) is 2.66. The first-order valence-corrected chi connectivity index (χ1v) is 4.02. The lowest BCUT2D eigenvalue weighted by Crippen LogP contribution is -2.33. The molecule has 0 saturated heterocycles. The lowest BCUT2D eigenvalue weighted by atomic mass is 10.5. The Morgan fingerprint density at radius 2 is 2.21 bits per heavy atom. The third-order valence-corrected chi connectivity index (χ3v) is 1.74. The average molecular weight is 200 g/mol. The number of methoxy groups -OCH3 is 2. The quantitative estimate of drug-likeness (QED) is 0.699. The number of hydrogen-bond donors (Lipinski definition) is 1. The summed E-state index contributed by atoms with van der Waals surface area (Å²) < 4.78 is 11.1. The van der Waals surface area contributed by atoms with Crippen LogP contribution in [0, 0.1) is 0 Å². The minimum atomic E-state index is -0.524. The van der Waals surface area contributed by atoms with E-state index < -0.39 is 17.5 Å². The maximum Gasteiger partial charge on any atom is 0.330 e. The summed E-state index contributed by atoms with van der Waals surface area (Å²) in [5.74, 6) is 0. The van der Waals surface area contributed by atoms with Crippen LogP contribution in [0.4, 0.5) is 0 Å². The molecule has 0 aliphatic carbocycles. The zero-order chi connectivity index (χ0) is 10.6. The lowest BCUT2D eigenvalue weighted by Gasteiger charge is -2.16. The largest absolute Gasteiger partial charge is 0.380 e. The van der Waals surface area contributed by atoms with E-state index in [2.05, 4.69) is 4.98 Å². The molecule has 0 saturated carbocycles. The molecule has 0 aliphatic rings. The Morgan fingerprint density at radius 1 is 1.50 bits per heavy atom. The Balaban J connectivity index is 3.04. The molecule has 0 radical (unpaired) electrons. The first-order valence-electron chi connectivity index (χ1n) is 4.02. The Kier molecular flexibility index (Phi) is 3.61. The molecule has 6 heteroatoms. The van der Waals surface area contributed by atoms with Crippen molar-refractivity contribution in [3.05, 3.63) is 33.1 Å². The van der Waals surface area contributed by atoms with Crippen LogP contribution in [-0.4, -0.2) is 30.4 Å². The van der Waals surface area contributed by atoms with Gasteiger partial charge in [0.15, 0.2) is 6.23 Å². The third-order valence-electron chi connectivity index (χ3n) is 1.74. The van der Waals surface area contributed by atoms with Crippen LogP contribution in [-0.2, 0) is 9.47 Å². The minimum absolute atomic E-state index is 0.239. The van der Waals surface area contributed by atoms with Gasteiger partial charge in [-0.15, -0.1) is 0 Å². The van der Waals surface area contributed by atoms with E-state index in [0.29, 0.717) is 0 Å². The Labute approximate surface area is 80.1 Å². The van der Waals surface area contributed by atoms with Gasteiger partial charge in [0, 0.05) is 26.5 Å². The second kappa shape index (κ2) is 4.73. The molecule has 0 aromatic carbocycles. The predicted octanol–water partition coefficient (Wildman–Crippen LogP) is -0.672. The number of nitrogens with zero attached hydrogens (tertiary/aromatic N) is 1. The molecular weight excluding hydrogens is 188 g/mol. The smallest absolute Gasteiger partial charge is 0.330 e. The van der Waals surface area contributed by atoms with Crippen LogP contribution in [0.15, 0.2) is 21.9 Å². The fourth-order valence-electron chi connectivity index (χ4n) is 1.06. The molecule has 0 spiro atoms. The molecule has 14 heavy (non-hydrogen) atoms. The van der Waals surface area contributed by atoms with E-state index in [1.54, 1.807) is 0 Å². The molecule has 0 amide bonds. The summed E-state index contributed by atoms with van der Waals surface area (Å²) in [6.45, 7) is 0.239. The molecule has 78 valence electrons. The zero-order valence-electron chi connectivity index (χ0n) is 8.02. The van der Waals surface area contributed by atoms with Crippen molar-refractivity contribution in [1.82, 2.24) is 9.55 Å². The van der Waals surface area contributed by atoms with Gasteiger partial charge in [-0.1, -0.05) is 0 Å². The number of aromatic amines is 1. The summed E-state index contributed by atoms with van der Waals surface area (Å²) in [6, 6.07) is 1.25. The van der Waals surface area contributed by atoms with Gasteiger partial charge in [-0.05, 0) is 0 Å². The van der Waals surface area contributed by atoms with Crippen LogP contribution in [0.3, 0.4) is 0 Å². The lowest BCUT2D eigenvalue weighted by molar-refractivity contribution is -0.0213. The van der Waals surface area contributed by atoms with Crippen molar-refractivity contribution in [2.45, 2.75) is 6.23 Å². The highest BCUT2D eigenvalue weighted by atomic mass is 16.5. The maximum absolute atomic E-state index is 11.3. The maximum atomic E-state index is 11.3. The van der Waals surface area contributed by atoms with Gasteiger partial charge < -0.3 is 9.47 Å². The normalized spacial score (nSPS) is 12.7. The fraction of sp³-hybridized carbons (Fsp3) is 0.500. The van der Waals surface area contributed by atoms with E-state index in [-0.39, 0.29) is 6.61 Å². The summed E-state index contributed by atoms with van der Waals surface area (Å²) in [7, 11) is 2.96. The molecule has 1 atom stereocenters. The van der Waals surface area contributed by atoms with Crippen LogP contribution in [0.2, 0.25) is 0 Å². The van der Waals surface area contributed by atoms with Crippen LogP contribution >= 0.6 is 0 Å². The van der Waals surface area contributed by atoms with Crippen molar-refractivity contribution >= 4 is 0 Å². The first-order chi connectivity index (χ1) is 6.69. The molecule has 1 heterocycles. The van der Waals surface area contributed by atoms with Crippen molar-refractivity contribution in [3.8, 4) is 0 Å². The number of H-pyrrole nitrogens is 1. The number of aromatic nitrogens is 2. The van der Waals surface area contributed by atoms with Gasteiger partial charge in [0.1, 0.15) is 0 Å². The van der Waals surface area contributed by atoms with Gasteiger partial charge in [-0.3, -0.25) is 14.3 Å². The van der Waals surface area contributed by atoms with Crippen LogP contribution < -0.4 is 11.2 Å². The average Bonchev–Trinajstić information content (AvgIpc) is 2.15. The standard InChI is InChI=1S/C8H12N2O4/c1-13-5-7(14-2)10-4-3-6(11)9-8(10)12/h3-4,7H,5H2,1-2H3,(H,9,11,12). The van der Waals surface area contributed by atoms with Gasteiger partial charge >= 0.3 is 5.69 Å². The summed E-state index contributed by atoms with van der Waals surface area (Å²) in [5.41, 5.74) is -0.945. The van der Waals surface area contributed by atoms with Crippen molar-refractivity contribution in [2.75, 3.05) is 20.8 Å². The molecular formula is C8H12N2O4. The molecule has 0 aliphatic heterocycles. The van der Waals surface area contributed by atoms with E-state index in [1.165, 1.54) is 31.0 Å². The SMILES string of the molecule is COCC(OC)n1ccc(=O)[nH]c1=O. The molecule has 1 unspecified atom stereocenters. The van der Waals surface area contributed by atoms with Gasteiger partial charge in [-0.25, -0.2) is 4.79 Å². The molecule has 0 fully saturated rings. The number of rotatable bonds is 4. The molecule has 0 bridgehead atoms. The molecule has 6 nitrogen and oxygen atoms in total. The monoisotopic (exact) mass is 200 g/mol. The number of nitrogens with one attached hydrogen (secondary N) is 1. The number of hydrogen-bond acceptors (Lipinski definition) is 4. The van der Waals surface area contributed by atoms with E-state index >= 15 is 0 Å². The summed E-state index contributed by atoms with van der Waals surface area (Å²) in [4.78, 5) is 24.2. The Bertz CT molecular complexity index is 395. The van der Waals surface area contributed by atoms with Gasteiger partial charge in [0.05, 0.1) is 6.61 Å². The van der Waals surface area contributed by atoms with Crippen molar-refractivity contribution in [1.29, 1.82) is 0 Å². The van der Waals surface area contributed by atoms with Crippen LogP contribution in [0.25, 0.3) is 0 Å². The highest BCUT2D eigenvalue weighted by molar-refractivity contribution is 4.83. The summed E-state index contributed by atoms with van der Waals surface area (Å²) >= 11 is 0. The minimum Gasteiger partial charge on any atom is -0.380 e. The molecule has 1 N–H and O–H groups in total. The zero-order valence-corrected chi connectivity index (χ0v) is 8.02. The topological polar surface area (TPSA) is 73.3 Å². The molecule has 1 rings (SSSR count). The number of ether oxygens (including phenoxy) is 2. The Morgan fingerprint density at radius 3 is 2.71 bits per heavy atom. The first kappa shape index (κ1) is 10.7. The van der Waals surface area contributed by atoms with Gasteiger partial charge in [-0.2, -0.15) is 0 Å². The van der Waals surface area contributed by atoms with Crippen molar-refractivity contribution in [3.63, 3.8) is 0 Å². The second-order valence-corrected chi connectivity index (χ2v) is 2.66. The van der Waals surface area contributed by atoms with E-state index in [4.69, 9.17) is 9.47 Å². The van der Waals surface area contributed by atoms with Gasteiger partial charge in [0.2, 0.25) is 0 Å². The highest BCUT2D eigenvalue weighted by Crippen LogP contribution is 2.01. The fourth-order valence-corrected chi connectivity index (χ4v) is 1.06. The van der Waals surface area contributed by atoms with Crippen molar-refractivity contribution in [2.24, 2.45) is 0 Å². The molecule has 1 aromatic heterocycles. The third kappa shape index (κ3) is 2.30. The summed E-state index contributed by atoms with van der Waals surface area (Å²) in [6.07, 6.45) is 0.846.